The van der Waals surface area contributed by atoms with Gasteiger partial charge in [0.25, 0.3) is 0 Å². The maximum absolute atomic E-state index is 5.97. The molecular weight excluding hydrogens is 298 g/mol. The van der Waals surface area contributed by atoms with Crippen LogP contribution in [-0.2, 0) is 6.42 Å². The second-order valence-corrected chi connectivity index (χ2v) is 7.50. The van der Waals surface area contributed by atoms with Crippen molar-refractivity contribution >= 4 is 23.4 Å². The van der Waals surface area contributed by atoms with Gasteiger partial charge in [0.05, 0.1) is 0 Å². The molecule has 2 unspecified atom stereocenters. The monoisotopic (exact) mass is 317 g/mol. The zero-order valence-electron chi connectivity index (χ0n) is 12.4. The lowest BCUT2D eigenvalue weighted by Crippen LogP contribution is -2.29. The zero-order valence-corrected chi connectivity index (χ0v) is 14.0. The predicted molar refractivity (Wildman–Crippen MR) is 92.3 cm³/mol. The van der Waals surface area contributed by atoms with E-state index in [2.05, 4.69) is 55.3 Å². The van der Waals surface area contributed by atoms with Crippen molar-refractivity contribution in [2.24, 2.45) is 0 Å². The summed E-state index contributed by atoms with van der Waals surface area (Å²) in [4.78, 5) is 3.89. The smallest absolute Gasteiger partial charge is 0.0406 e. The van der Waals surface area contributed by atoms with Crippen molar-refractivity contribution in [3.05, 3.63) is 64.7 Å². The van der Waals surface area contributed by atoms with Crippen molar-refractivity contribution in [3.63, 3.8) is 0 Å². The lowest BCUT2D eigenvalue weighted by Gasteiger charge is -2.27. The molecule has 0 fully saturated rings. The molecule has 3 heteroatoms. The van der Waals surface area contributed by atoms with Gasteiger partial charge in [-0.25, -0.2) is 0 Å². The largest absolute Gasteiger partial charge is 0.299 e. The highest BCUT2D eigenvalue weighted by atomic mass is 35.5. The van der Waals surface area contributed by atoms with Crippen molar-refractivity contribution in [1.29, 1.82) is 0 Å². The van der Waals surface area contributed by atoms with Gasteiger partial charge in [-0.3, -0.25) is 4.90 Å². The third-order valence-electron chi connectivity index (χ3n) is 4.22. The van der Waals surface area contributed by atoms with E-state index in [0.29, 0.717) is 11.3 Å². The first-order valence-electron chi connectivity index (χ1n) is 7.34. The van der Waals surface area contributed by atoms with Crippen LogP contribution >= 0.6 is 23.4 Å². The van der Waals surface area contributed by atoms with Crippen molar-refractivity contribution in [1.82, 2.24) is 4.90 Å². The molecule has 2 aromatic rings. The summed E-state index contributed by atoms with van der Waals surface area (Å²) in [6, 6.07) is 17.4. The standard InChI is InChI=1S/C18H20ClNS/c1-13(14-7-9-16(19)10-8-14)20(2)12-17-11-15-5-3-4-6-18(15)21-17/h3-10,13,17H,11-12H2,1-2H3. The Balaban J connectivity index is 1.62. The van der Waals surface area contributed by atoms with Gasteiger partial charge in [-0.1, -0.05) is 41.9 Å². The maximum atomic E-state index is 5.97. The SMILES string of the molecule is CC(c1ccc(Cl)cc1)N(C)CC1Cc2ccccc2S1. The van der Waals surface area contributed by atoms with Gasteiger partial charge in [-0.15, -0.1) is 11.8 Å². The Morgan fingerprint density at radius 1 is 1.19 bits per heavy atom. The van der Waals surface area contributed by atoms with Gasteiger partial charge in [-0.05, 0) is 49.7 Å². The summed E-state index contributed by atoms with van der Waals surface area (Å²) in [7, 11) is 2.21. The van der Waals surface area contributed by atoms with E-state index in [1.54, 1.807) is 0 Å². The molecule has 0 bridgehead atoms. The van der Waals surface area contributed by atoms with Gasteiger partial charge in [0.15, 0.2) is 0 Å². The van der Waals surface area contributed by atoms with E-state index >= 15 is 0 Å². The van der Waals surface area contributed by atoms with Crippen LogP contribution in [-0.4, -0.2) is 23.7 Å². The van der Waals surface area contributed by atoms with E-state index in [4.69, 9.17) is 11.6 Å². The Labute approximate surface area is 136 Å². The van der Waals surface area contributed by atoms with Crippen molar-refractivity contribution < 1.29 is 0 Å². The average molecular weight is 318 g/mol. The van der Waals surface area contributed by atoms with Crippen molar-refractivity contribution in [2.75, 3.05) is 13.6 Å². The summed E-state index contributed by atoms with van der Waals surface area (Å²) < 4.78 is 0. The lowest BCUT2D eigenvalue weighted by atomic mass is 10.1. The average Bonchev–Trinajstić information content (AvgIpc) is 2.89. The highest BCUT2D eigenvalue weighted by molar-refractivity contribution is 8.00. The quantitative estimate of drug-likeness (QED) is 0.776. The first-order valence-corrected chi connectivity index (χ1v) is 8.59. The van der Waals surface area contributed by atoms with Gasteiger partial charge >= 0.3 is 0 Å². The lowest BCUT2D eigenvalue weighted by molar-refractivity contribution is 0.262. The number of benzene rings is 2. The van der Waals surface area contributed by atoms with Gasteiger partial charge in [0.2, 0.25) is 0 Å². The number of nitrogens with zero attached hydrogens (tertiary/aromatic N) is 1. The summed E-state index contributed by atoms with van der Waals surface area (Å²) >= 11 is 7.98. The minimum absolute atomic E-state index is 0.409. The third-order valence-corrected chi connectivity index (χ3v) is 5.77. The fourth-order valence-corrected chi connectivity index (χ4v) is 4.35. The molecule has 3 rings (SSSR count). The second kappa shape index (κ2) is 6.43. The minimum Gasteiger partial charge on any atom is -0.299 e. The van der Waals surface area contributed by atoms with Crippen LogP contribution in [0.25, 0.3) is 0 Å². The molecule has 21 heavy (non-hydrogen) atoms. The molecule has 1 aliphatic heterocycles. The molecule has 0 saturated heterocycles. The number of rotatable bonds is 4. The maximum Gasteiger partial charge on any atom is 0.0406 e. The van der Waals surface area contributed by atoms with Gasteiger partial charge in [-0.2, -0.15) is 0 Å². The van der Waals surface area contributed by atoms with Crippen LogP contribution in [0.15, 0.2) is 53.4 Å². The summed E-state index contributed by atoms with van der Waals surface area (Å²) in [6.07, 6.45) is 1.18. The summed E-state index contributed by atoms with van der Waals surface area (Å²) in [5, 5.41) is 1.46. The molecule has 0 aliphatic carbocycles. The van der Waals surface area contributed by atoms with Crippen LogP contribution in [0.2, 0.25) is 5.02 Å². The molecule has 0 radical (unpaired) electrons. The Hall–Kier alpha value is -0.960. The number of thioether (sulfide) groups is 1. The Morgan fingerprint density at radius 3 is 2.62 bits per heavy atom. The number of hydrogen-bond donors (Lipinski definition) is 0. The summed E-state index contributed by atoms with van der Waals surface area (Å²) in [6.45, 7) is 3.36. The third kappa shape index (κ3) is 3.45. The highest BCUT2D eigenvalue weighted by Crippen LogP contribution is 2.37. The Morgan fingerprint density at radius 2 is 1.90 bits per heavy atom. The highest BCUT2D eigenvalue weighted by Gasteiger charge is 2.24. The first kappa shape index (κ1) is 15.0. The van der Waals surface area contributed by atoms with Crippen molar-refractivity contribution in [2.45, 2.75) is 29.5 Å². The van der Waals surface area contributed by atoms with Crippen molar-refractivity contribution in [3.8, 4) is 0 Å². The van der Waals surface area contributed by atoms with Crippen LogP contribution < -0.4 is 0 Å². The van der Waals surface area contributed by atoms with E-state index in [0.717, 1.165) is 11.6 Å². The second-order valence-electron chi connectivity index (χ2n) is 5.72. The molecular formula is C18H20ClNS. The number of halogens is 1. The molecule has 1 nitrogen and oxygen atoms in total. The van der Waals surface area contributed by atoms with Gasteiger partial charge < -0.3 is 0 Å². The van der Waals surface area contributed by atoms with E-state index in [-0.39, 0.29) is 0 Å². The van der Waals surface area contributed by atoms with Crippen LogP contribution in [0.3, 0.4) is 0 Å². The van der Waals surface area contributed by atoms with Crippen LogP contribution in [0.4, 0.5) is 0 Å². The predicted octanol–water partition coefficient (Wildman–Crippen LogP) is 5.05. The molecule has 2 atom stereocenters. The summed E-state index contributed by atoms with van der Waals surface area (Å²) in [5.74, 6) is 0. The molecule has 0 spiro atoms. The molecule has 0 N–H and O–H groups in total. The Kier molecular flexibility index (Phi) is 4.58. The molecule has 110 valence electrons. The van der Waals surface area contributed by atoms with E-state index in [1.807, 2.05) is 23.9 Å². The molecule has 1 heterocycles. The van der Waals surface area contributed by atoms with E-state index in [9.17, 15) is 0 Å². The molecule has 0 aromatic heterocycles. The van der Waals surface area contributed by atoms with Gasteiger partial charge in [0.1, 0.15) is 0 Å². The number of fused-ring (bicyclic) bond motifs is 1. The molecule has 2 aromatic carbocycles. The zero-order chi connectivity index (χ0) is 14.8. The summed E-state index contributed by atoms with van der Waals surface area (Å²) in [5.41, 5.74) is 2.82. The fourth-order valence-electron chi connectivity index (χ4n) is 2.83. The van der Waals surface area contributed by atoms with Crippen LogP contribution in [0.5, 0.6) is 0 Å². The number of hydrogen-bond acceptors (Lipinski definition) is 2. The topological polar surface area (TPSA) is 3.24 Å². The molecule has 0 amide bonds. The fraction of sp³-hybridized carbons (Fsp3) is 0.333. The van der Waals surface area contributed by atoms with Gasteiger partial charge in [0, 0.05) is 27.8 Å². The van der Waals surface area contributed by atoms with Crippen LogP contribution in [0.1, 0.15) is 24.1 Å². The normalized spacial score (nSPS) is 18.8. The van der Waals surface area contributed by atoms with E-state index in [1.165, 1.54) is 22.4 Å². The van der Waals surface area contributed by atoms with Crippen LogP contribution in [0, 0.1) is 0 Å². The molecule has 1 aliphatic rings. The minimum atomic E-state index is 0.409. The first-order chi connectivity index (χ1) is 10.1. The van der Waals surface area contributed by atoms with E-state index < -0.39 is 0 Å². The molecule has 0 saturated carbocycles. The Bertz CT molecular complexity index is 586.